The van der Waals surface area contributed by atoms with Gasteiger partial charge in [-0.2, -0.15) is 0 Å². The van der Waals surface area contributed by atoms with Crippen molar-refractivity contribution in [3.8, 4) is 0 Å². The molecule has 0 saturated carbocycles. The van der Waals surface area contributed by atoms with Crippen molar-refractivity contribution in [1.29, 1.82) is 0 Å². The highest BCUT2D eigenvalue weighted by atomic mass is 35.5. The van der Waals surface area contributed by atoms with Gasteiger partial charge in [0.2, 0.25) is 5.91 Å². The molecule has 2 amide bonds. The average Bonchev–Trinajstić information content (AvgIpc) is 2.91. The third-order valence-electron chi connectivity index (χ3n) is 5.74. The Bertz CT molecular complexity index is 1050. The summed E-state index contributed by atoms with van der Waals surface area (Å²) in [6.45, 7) is 6.38. The number of amides is 2. The lowest BCUT2D eigenvalue weighted by Gasteiger charge is -2.26. The number of carbonyl (C=O) groups is 4. The molecular weight excluding hydrogens is 537 g/mol. The number of hydrogen-bond acceptors (Lipinski definition) is 8. The minimum atomic E-state index is -0.878. The van der Waals surface area contributed by atoms with E-state index in [4.69, 9.17) is 25.8 Å². The first-order valence-electron chi connectivity index (χ1n) is 12.9. The fourth-order valence-electron chi connectivity index (χ4n) is 3.75. The molecule has 1 aliphatic carbocycles. The van der Waals surface area contributed by atoms with E-state index in [1.54, 1.807) is 6.92 Å². The van der Waals surface area contributed by atoms with Gasteiger partial charge in [0, 0.05) is 29.1 Å². The van der Waals surface area contributed by atoms with Gasteiger partial charge in [-0.15, -0.1) is 11.8 Å². The molecule has 1 aliphatic rings. The quantitative estimate of drug-likeness (QED) is 0.161. The molecular formula is C27H35ClFNO7S. The first kappa shape index (κ1) is 31.8. The van der Waals surface area contributed by atoms with Crippen LogP contribution in [0.4, 0.5) is 10.1 Å². The van der Waals surface area contributed by atoms with Crippen molar-refractivity contribution in [2.24, 2.45) is 0 Å². The van der Waals surface area contributed by atoms with Gasteiger partial charge in [-0.05, 0) is 51.2 Å². The number of nitrogens with zero attached hydrogens (tertiary/aromatic N) is 1. The van der Waals surface area contributed by atoms with Crippen LogP contribution < -0.4 is 4.90 Å². The van der Waals surface area contributed by atoms with Crippen LogP contribution in [0.25, 0.3) is 0 Å². The molecule has 8 nitrogen and oxygen atoms in total. The Hall–Kier alpha value is -2.43. The molecule has 0 saturated heterocycles. The lowest BCUT2D eigenvalue weighted by molar-refractivity contribution is -0.141. The number of halogens is 2. The predicted molar refractivity (Wildman–Crippen MR) is 144 cm³/mol. The Labute approximate surface area is 232 Å². The van der Waals surface area contributed by atoms with Crippen molar-refractivity contribution >= 4 is 52.8 Å². The van der Waals surface area contributed by atoms with Gasteiger partial charge >= 0.3 is 11.9 Å². The van der Waals surface area contributed by atoms with E-state index in [0.717, 1.165) is 35.6 Å². The van der Waals surface area contributed by atoms with Gasteiger partial charge in [0.1, 0.15) is 12.4 Å². The lowest BCUT2D eigenvalue weighted by atomic mass is 9.90. The Kier molecular flexibility index (Phi) is 13.8. The molecule has 1 aromatic carbocycles. The maximum Gasteiger partial charge on any atom is 0.334 e. The van der Waals surface area contributed by atoms with Gasteiger partial charge in [0.05, 0.1) is 29.7 Å². The largest absolute Gasteiger partial charge is 0.465 e. The summed E-state index contributed by atoms with van der Waals surface area (Å²) in [5.41, 5.74) is 0.0169. The highest BCUT2D eigenvalue weighted by Gasteiger charge is 2.33. The van der Waals surface area contributed by atoms with Gasteiger partial charge < -0.3 is 14.2 Å². The molecule has 0 aromatic heterocycles. The molecule has 0 radical (unpaired) electrons. The summed E-state index contributed by atoms with van der Waals surface area (Å²) in [6, 6.07) is 2.28. The van der Waals surface area contributed by atoms with Crippen LogP contribution in [0.2, 0.25) is 5.02 Å². The smallest absolute Gasteiger partial charge is 0.334 e. The number of unbranched alkanes of at least 4 members (excludes halogenated alkanes) is 1. The van der Waals surface area contributed by atoms with Crippen LogP contribution in [-0.2, 0) is 33.4 Å². The number of benzene rings is 1. The predicted octanol–water partition coefficient (Wildman–Crippen LogP) is 5.63. The molecule has 0 heterocycles. The van der Waals surface area contributed by atoms with Crippen LogP contribution in [-0.4, -0.2) is 55.9 Å². The maximum atomic E-state index is 15.2. The van der Waals surface area contributed by atoms with E-state index in [-0.39, 0.29) is 53.7 Å². The summed E-state index contributed by atoms with van der Waals surface area (Å²) >= 11 is 7.23. The summed E-state index contributed by atoms with van der Waals surface area (Å²) in [5, 5.41) is 0.0319. The normalized spacial score (nSPS) is 13.3. The van der Waals surface area contributed by atoms with E-state index in [1.807, 2.05) is 13.8 Å². The number of carbonyl (C=O) groups excluding carboxylic acids is 4. The van der Waals surface area contributed by atoms with Crippen LogP contribution in [0.1, 0.15) is 65.7 Å². The van der Waals surface area contributed by atoms with Crippen LogP contribution in [0.5, 0.6) is 0 Å². The zero-order valence-corrected chi connectivity index (χ0v) is 23.7. The zero-order chi connectivity index (χ0) is 28.1. The summed E-state index contributed by atoms with van der Waals surface area (Å²) < 4.78 is 30.7. The standard InChI is InChI=1S/C27H35ClFNO7S/c1-4-7-12-36-25(32)17-38-23-16-22(21(29)15-20(23)28)30(24(31)5-2)26(33)18-10-8-9-11-19(18)27(34)37-14-13-35-6-3/h15-16H,4-14,17H2,1-3H3. The summed E-state index contributed by atoms with van der Waals surface area (Å²) in [6.07, 6.45) is 3.42. The first-order chi connectivity index (χ1) is 18.2. The molecule has 210 valence electrons. The molecule has 0 spiro atoms. The van der Waals surface area contributed by atoms with Crippen molar-refractivity contribution in [2.75, 3.05) is 37.1 Å². The molecule has 11 heteroatoms. The SMILES string of the molecule is CCCCOC(=O)CSc1cc(N(C(=O)CC)C(=O)C2=C(C(=O)OCCOCC)CCCC2)c(F)cc1Cl. The number of rotatable bonds is 14. The average molecular weight is 572 g/mol. The Morgan fingerprint density at radius 3 is 2.37 bits per heavy atom. The Balaban J connectivity index is 2.36. The van der Waals surface area contributed by atoms with Crippen molar-refractivity contribution in [2.45, 2.75) is 70.6 Å². The van der Waals surface area contributed by atoms with Gasteiger partial charge in [0.25, 0.3) is 5.91 Å². The summed E-state index contributed by atoms with van der Waals surface area (Å²) in [5.74, 6) is -3.48. The Morgan fingerprint density at radius 2 is 1.71 bits per heavy atom. The summed E-state index contributed by atoms with van der Waals surface area (Å²) in [4.78, 5) is 52.5. The molecule has 0 aliphatic heterocycles. The zero-order valence-electron chi connectivity index (χ0n) is 22.1. The number of anilines is 1. The van der Waals surface area contributed by atoms with Gasteiger partial charge in [-0.1, -0.05) is 31.9 Å². The number of imide groups is 1. The molecule has 2 rings (SSSR count). The van der Waals surface area contributed by atoms with E-state index in [9.17, 15) is 19.2 Å². The van der Waals surface area contributed by atoms with Crippen molar-refractivity contribution < 1.29 is 37.8 Å². The van der Waals surface area contributed by atoms with E-state index < -0.39 is 29.6 Å². The fourth-order valence-corrected chi connectivity index (χ4v) is 4.81. The van der Waals surface area contributed by atoms with Crippen LogP contribution in [0, 0.1) is 5.82 Å². The molecule has 0 atom stereocenters. The minimum absolute atomic E-state index is 0.0303. The lowest BCUT2D eigenvalue weighted by Crippen LogP contribution is -2.39. The van der Waals surface area contributed by atoms with Gasteiger partial charge in [-0.3, -0.25) is 14.4 Å². The third kappa shape index (κ3) is 9.10. The maximum absolute atomic E-state index is 15.2. The van der Waals surface area contributed by atoms with Gasteiger partial charge in [0.15, 0.2) is 0 Å². The topological polar surface area (TPSA) is 99.2 Å². The molecule has 0 unspecified atom stereocenters. The van der Waals surface area contributed by atoms with Crippen LogP contribution >= 0.6 is 23.4 Å². The monoisotopic (exact) mass is 571 g/mol. The van der Waals surface area contributed by atoms with E-state index in [2.05, 4.69) is 0 Å². The van der Waals surface area contributed by atoms with Crippen molar-refractivity contribution in [3.63, 3.8) is 0 Å². The molecule has 38 heavy (non-hydrogen) atoms. The first-order valence-corrected chi connectivity index (χ1v) is 14.2. The van der Waals surface area contributed by atoms with E-state index in [1.165, 1.54) is 6.07 Å². The van der Waals surface area contributed by atoms with Crippen molar-refractivity contribution in [3.05, 3.63) is 34.1 Å². The van der Waals surface area contributed by atoms with E-state index >= 15 is 4.39 Å². The molecule has 0 fully saturated rings. The van der Waals surface area contributed by atoms with Crippen LogP contribution in [0.3, 0.4) is 0 Å². The fraction of sp³-hybridized carbons (Fsp3) is 0.556. The van der Waals surface area contributed by atoms with Crippen LogP contribution in [0.15, 0.2) is 28.2 Å². The Morgan fingerprint density at radius 1 is 1.00 bits per heavy atom. The number of ether oxygens (including phenoxy) is 3. The molecule has 0 bridgehead atoms. The number of esters is 2. The summed E-state index contributed by atoms with van der Waals surface area (Å²) in [7, 11) is 0. The second-order valence-corrected chi connectivity index (χ2v) is 9.91. The third-order valence-corrected chi connectivity index (χ3v) is 7.19. The van der Waals surface area contributed by atoms with E-state index in [0.29, 0.717) is 37.4 Å². The number of hydrogen-bond donors (Lipinski definition) is 0. The van der Waals surface area contributed by atoms with Gasteiger partial charge in [-0.25, -0.2) is 14.1 Å². The second kappa shape index (κ2) is 16.5. The second-order valence-electron chi connectivity index (χ2n) is 8.48. The molecule has 0 N–H and O–H groups in total. The van der Waals surface area contributed by atoms with Crippen molar-refractivity contribution in [1.82, 2.24) is 0 Å². The minimum Gasteiger partial charge on any atom is -0.465 e. The highest BCUT2D eigenvalue weighted by Crippen LogP contribution is 2.36. The molecule has 1 aromatic rings. The highest BCUT2D eigenvalue weighted by molar-refractivity contribution is 8.00. The number of thioether (sulfide) groups is 1.